The van der Waals surface area contributed by atoms with Crippen LogP contribution < -0.4 is 0 Å². The number of sulfone groups is 1. The second-order valence-electron chi connectivity index (χ2n) is 5.84. The predicted octanol–water partition coefficient (Wildman–Crippen LogP) is 1.62. The summed E-state index contributed by atoms with van der Waals surface area (Å²) >= 11 is 0. The van der Waals surface area contributed by atoms with Crippen molar-refractivity contribution in [3.05, 3.63) is 84.5 Å². The molecule has 1 aliphatic carbocycles. The third-order valence-corrected chi connectivity index (χ3v) is 6.54. The number of allylic oxidation sites excluding steroid dienone is 2. The van der Waals surface area contributed by atoms with E-state index in [1.54, 1.807) is 24.3 Å². The van der Waals surface area contributed by atoms with E-state index in [2.05, 4.69) is 0 Å². The maximum absolute atomic E-state index is 13.3. The van der Waals surface area contributed by atoms with Crippen molar-refractivity contribution in [3.8, 4) is 0 Å². The van der Waals surface area contributed by atoms with Gasteiger partial charge < -0.3 is 15.3 Å². The average Bonchev–Trinajstić information content (AvgIpc) is 2.65. The maximum atomic E-state index is 13.3. The summed E-state index contributed by atoms with van der Waals surface area (Å²) in [6.45, 7) is 0. The third kappa shape index (κ3) is 2.40. The first-order valence-corrected chi connectivity index (χ1v) is 9.17. The molecule has 0 radical (unpaired) electrons. The standard InChI is InChI=1S/C19H16O6S/c20-17(21)18(22)13-7-12-16(14-8-3-1-4-9-14)19(18,23)26(24,25)15-10-5-2-6-11-15/h1-13,22-23H,(H,20,21). The molecule has 0 fully saturated rings. The smallest absolute Gasteiger partial charge is 0.344 e. The molecule has 1 aliphatic rings. The number of carboxylic acids is 1. The van der Waals surface area contributed by atoms with Crippen molar-refractivity contribution in [3.63, 3.8) is 0 Å². The van der Waals surface area contributed by atoms with Crippen molar-refractivity contribution in [2.24, 2.45) is 0 Å². The number of carboxylic acid groups (broad SMARTS) is 1. The van der Waals surface area contributed by atoms with Crippen LogP contribution in [0, 0.1) is 0 Å². The van der Waals surface area contributed by atoms with E-state index in [1.807, 2.05) is 0 Å². The number of aliphatic carboxylic acids is 1. The highest BCUT2D eigenvalue weighted by Crippen LogP contribution is 2.46. The summed E-state index contributed by atoms with van der Waals surface area (Å²) in [7, 11) is -4.71. The first kappa shape index (κ1) is 18.1. The van der Waals surface area contributed by atoms with Crippen LogP contribution >= 0.6 is 0 Å². The second kappa shape index (κ2) is 6.21. The highest BCUT2D eigenvalue weighted by molar-refractivity contribution is 7.93. The van der Waals surface area contributed by atoms with Crippen LogP contribution in [0.5, 0.6) is 0 Å². The zero-order valence-electron chi connectivity index (χ0n) is 13.5. The Morgan fingerprint density at radius 1 is 0.885 bits per heavy atom. The average molecular weight is 372 g/mol. The molecule has 3 N–H and O–H groups in total. The molecule has 3 rings (SSSR count). The second-order valence-corrected chi connectivity index (χ2v) is 7.91. The maximum Gasteiger partial charge on any atom is 0.344 e. The van der Waals surface area contributed by atoms with E-state index >= 15 is 0 Å². The summed E-state index contributed by atoms with van der Waals surface area (Å²) < 4.78 is 26.5. The lowest BCUT2D eigenvalue weighted by Crippen LogP contribution is -2.63. The fraction of sp³-hybridized carbons (Fsp3) is 0.105. The van der Waals surface area contributed by atoms with E-state index in [4.69, 9.17) is 0 Å². The van der Waals surface area contributed by atoms with Crippen LogP contribution in [0.1, 0.15) is 5.56 Å². The van der Waals surface area contributed by atoms with Crippen LogP contribution in [0.2, 0.25) is 0 Å². The summed E-state index contributed by atoms with van der Waals surface area (Å²) in [5.74, 6) is -1.88. The Labute approximate surface area is 150 Å². The Morgan fingerprint density at radius 3 is 1.96 bits per heavy atom. The van der Waals surface area contributed by atoms with Gasteiger partial charge in [-0.15, -0.1) is 0 Å². The Balaban J connectivity index is 2.35. The van der Waals surface area contributed by atoms with Gasteiger partial charge in [-0.1, -0.05) is 60.7 Å². The number of hydrogen-bond acceptors (Lipinski definition) is 5. The molecule has 0 bridgehead atoms. The molecule has 2 atom stereocenters. The van der Waals surface area contributed by atoms with Gasteiger partial charge in [-0.05, 0) is 23.8 Å². The van der Waals surface area contributed by atoms with Crippen molar-refractivity contribution in [1.29, 1.82) is 0 Å². The Bertz CT molecular complexity index is 995. The molecular formula is C19H16O6S. The fourth-order valence-corrected chi connectivity index (χ4v) is 4.86. The summed E-state index contributed by atoms with van der Waals surface area (Å²) in [5, 5.41) is 31.6. The van der Waals surface area contributed by atoms with Crippen LogP contribution in [0.25, 0.3) is 5.57 Å². The third-order valence-electron chi connectivity index (χ3n) is 4.34. The number of rotatable bonds is 4. The monoisotopic (exact) mass is 372 g/mol. The minimum absolute atomic E-state index is 0.227. The molecule has 0 amide bonds. The Kier molecular flexibility index (Phi) is 4.31. The van der Waals surface area contributed by atoms with Gasteiger partial charge in [0.25, 0.3) is 0 Å². The van der Waals surface area contributed by atoms with Gasteiger partial charge in [0.05, 0.1) is 4.90 Å². The quantitative estimate of drug-likeness (QED) is 0.752. The summed E-state index contributed by atoms with van der Waals surface area (Å²) in [6, 6.07) is 14.9. The van der Waals surface area contributed by atoms with E-state index in [0.29, 0.717) is 0 Å². The lowest BCUT2D eigenvalue weighted by Gasteiger charge is -2.41. The zero-order valence-corrected chi connectivity index (χ0v) is 14.3. The Morgan fingerprint density at radius 2 is 1.42 bits per heavy atom. The molecule has 0 aliphatic heterocycles. The number of hydrogen-bond donors (Lipinski definition) is 3. The highest BCUT2D eigenvalue weighted by atomic mass is 32.2. The fourth-order valence-electron chi connectivity index (χ4n) is 2.96. The highest BCUT2D eigenvalue weighted by Gasteiger charge is 2.65. The normalized spacial score (nSPS) is 25.5. The molecular weight excluding hydrogens is 356 g/mol. The summed E-state index contributed by atoms with van der Waals surface area (Å²) in [6.07, 6.45) is 3.26. The van der Waals surface area contributed by atoms with Gasteiger partial charge in [-0.25, -0.2) is 13.2 Å². The van der Waals surface area contributed by atoms with E-state index in [0.717, 1.165) is 6.08 Å². The van der Waals surface area contributed by atoms with E-state index < -0.39 is 26.3 Å². The number of aliphatic hydroxyl groups is 2. The molecule has 2 aromatic carbocycles. The molecule has 26 heavy (non-hydrogen) atoms. The molecule has 0 heterocycles. The first-order valence-electron chi connectivity index (χ1n) is 7.68. The first-order chi connectivity index (χ1) is 12.2. The largest absolute Gasteiger partial charge is 0.479 e. The van der Waals surface area contributed by atoms with Gasteiger partial charge in [0.1, 0.15) is 0 Å². The van der Waals surface area contributed by atoms with Crippen LogP contribution in [-0.2, 0) is 14.6 Å². The summed E-state index contributed by atoms with van der Waals surface area (Å²) in [5.41, 5.74) is -3.02. The zero-order chi connectivity index (χ0) is 19.0. The van der Waals surface area contributed by atoms with E-state index in [9.17, 15) is 28.5 Å². The number of carbonyl (C=O) groups is 1. The van der Waals surface area contributed by atoms with Gasteiger partial charge in [0.2, 0.25) is 20.4 Å². The van der Waals surface area contributed by atoms with Gasteiger partial charge in [0.15, 0.2) is 0 Å². The van der Waals surface area contributed by atoms with Crippen molar-refractivity contribution in [2.45, 2.75) is 15.4 Å². The molecule has 2 unspecified atom stereocenters. The minimum Gasteiger partial charge on any atom is -0.479 e. The van der Waals surface area contributed by atoms with Crippen molar-refractivity contribution < 1.29 is 28.5 Å². The lowest BCUT2D eigenvalue weighted by atomic mass is 9.82. The van der Waals surface area contributed by atoms with Crippen molar-refractivity contribution >= 4 is 21.4 Å². The van der Waals surface area contributed by atoms with Crippen LogP contribution in [-0.4, -0.2) is 40.2 Å². The van der Waals surface area contributed by atoms with Crippen LogP contribution in [0.3, 0.4) is 0 Å². The molecule has 0 spiro atoms. The molecule has 0 saturated heterocycles. The predicted molar refractivity (Wildman–Crippen MR) is 94.7 cm³/mol. The van der Waals surface area contributed by atoms with Crippen molar-refractivity contribution in [2.75, 3.05) is 0 Å². The van der Waals surface area contributed by atoms with Crippen molar-refractivity contribution in [1.82, 2.24) is 0 Å². The molecule has 7 heteroatoms. The number of benzene rings is 2. The SMILES string of the molecule is O=C(O)C1(O)C=CC=C(c2ccccc2)C1(O)S(=O)(=O)c1ccccc1. The Hall–Kier alpha value is -2.74. The van der Waals surface area contributed by atoms with E-state index in [-0.39, 0.29) is 16.0 Å². The molecule has 2 aromatic rings. The lowest BCUT2D eigenvalue weighted by molar-refractivity contribution is -0.163. The van der Waals surface area contributed by atoms with Crippen LogP contribution in [0.4, 0.5) is 0 Å². The summed E-state index contributed by atoms with van der Waals surface area (Å²) in [4.78, 5) is 8.37. The van der Waals surface area contributed by atoms with Gasteiger partial charge in [-0.3, -0.25) is 0 Å². The van der Waals surface area contributed by atoms with Crippen LogP contribution in [0.15, 0.2) is 83.8 Å². The van der Waals surface area contributed by atoms with Gasteiger partial charge in [0, 0.05) is 5.57 Å². The van der Waals surface area contributed by atoms with Gasteiger partial charge in [-0.2, -0.15) is 0 Å². The molecule has 0 aromatic heterocycles. The molecule has 134 valence electrons. The molecule has 0 saturated carbocycles. The molecule has 6 nitrogen and oxygen atoms in total. The van der Waals surface area contributed by atoms with Gasteiger partial charge >= 0.3 is 5.97 Å². The minimum atomic E-state index is -4.71. The van der Waals surface area contributed by atoms with E-state index in [1.165, 1.54) is 48.6 Å². The topological polar surface area (TPSA) is 112 Å².